The van der Waals surface area contributed by atoms with E-state index in [0.717, 1.165) is 48.5 Å². The maximum Gasteiger partial charge on any atom is 0.387 e. The predicted molar refractivity (Wildman–Crippen MR) is 104 cm³/mol. The van der Waals surface area contributed by atoms with Crippen LogP contribution < -0.4 is 19.8 Å². The van der Waals surface area contributed by atoms with Gasteiger partial charge in [0.1, 0.15) is 11.5 Å². The molecule has 0 aliphatic carbocycles. The molecular weight excluding hydrogens is 376 g/mol. The first-order valence-electron chi connectivity index (χ1n) is 9.96. The van der Waals surface area contributed by atoms with Crippen molar-refractivity contribution in [2.45, 2.75) is 31.2 Å². The van der Waals surface area contributed by atoms with Crippen LogP contribution >= 0.6 is 0 Å². The Morgan fingerprint density at radius 2 is 1.86 bits per heavy atom. The molecule has 2 aromatic carbocycles. The molecule has 0 aromatic heterocycles. The molecule has 1 fully saturated rings. The molecule has 5 rings (SSSR count). The molecule has 0 bridgehead atoms. The van der Waals surface area contributed by atoms with E-state index in [2.05, 4.69) is 34.4 Å². The second-order valence-electron chi connectivity index (χ2n) is 7.95. The number of hydrazine groups is 1. The van der Waals surface area contributed by atoms with Gasteiger partial charge in [0, 0.05) is 5.56 Å². The first kappa shape index (κ1) is 18.4. The first-order valence-corrected chi connectivity index (χ1v) is 9.96. The third kappa shape index (κ3) is 3.24. The van der Waals surface area contributed by atoms with Gasteiger partial charge < -0.3 is 19.8 Å². The number of benzene rings is 2. The maximum absolute atomic E-state index is 12.4. The van der Waals surface area contributed by atoms with Gasteiger partial charge in [-0.1, -0.05) is 18.2 Å². The van der Waals surface area contributed by atoms with Gasteiger partial charge in [-0.2, -0.15) is 13.8 Å². The third-order valence-electron chi connectivity index (χ3n) is 6.10. The van der Waals surface area contributed by atoms with Gasteiger partial charge in [-0.3, -0.25) is 0 Å². The number of para-hydroxylation sites is 1. The molecule has 1 spiro atoms. The Balaban J connectivity index is 1.48. The quantitative estimate of drug-likeness (QED) is 0.831. The van der Waals surface area contributed by atoms with Gasteiger partial charge in [-0.25, -0.2) is 0 Å². The van der Waals surface area contributed by atoms with Crippen molar-refractivity contribution in [3.05, 3.63) is 65.7 Å². The lowest BCUT2D eigenvalue weighted by Gasteiger charge is -2.50. The zero-order valence-electron chi connectivity index (χ0n) is 16.2. The van der Waals surface area contributed by atoms with Gasteiger partial charge in [0.25, 0.3) is 0 Å². The molecule has 1 saturated heterocycles. The summed E-state index contributed by atoms with van der Waals surface area (Å²) in [5, 5.41) is 2.24. The number of alkyl halides is 2. The number of nitrogens with one attached hydrogen (secondary N) is 2. The van der Waals surface area contributed by atoms with E-state index in [1.807, 2.05) is 18.2 Å². The number of rotatable bonds is 3. The summed E-state index contributed by atoms with van der Waals surface area (Å²) in [6, 6.07) is 15.0. The number of quaternary nitrogens is 1. The summed E-state index contributed by atoms with van der Waals surface area (Å²) in [6.45, 7) is -0.733. The van der Waals surface area contributed by atoms with Gasteiger partial charge in [-0.05, 0) is 42.0 Å². The number of piperidine rings is 1. The monoisotopic (exact) mass is 400 g/mol. The molecule has 152 valence electrons. The number of hydrogen-bond acceptors (Lipinski definition) is 4. The molecule has 2 aromatic rings. The van der Waals surface area contributed by atoms with Crippen molar-refractivity contribution in [3.8, 4) is 11.5 Å². The smallest absolute Gasteiger partial charge is 0.387 e. The first-order chi connectivity index (χ1) is 14.0. The van der Waals surface area contributed by atoms with Crippen LogP contribution in [0, 0.1) is 0 Å². The van der Waals surface area contributed by atoms with E-state index in [-0.39, 0.29) is 11.8 Å². The minimum absolute atomic E-state index is 0.0605. The fourth-order valence-corrected chi connectivity index (χ4v) is 4.51. The Labute approximate surface area is 168 Å². The summed E-state index contributed by atoms with van der Waals surface area (Å²) in [5.41, 5.74) is 6.16. The Morgan fingerprint density at radius 3 is 2.59 bits per heavy atom. The van der Waals surface area contributed by atoms with E-state index < -0.39 is 12.3 Å². The van der Waals surface area contributed by atoms with E-state index in [9.17, 15) is 8.78 Å². The molecule has 0 radical (unpaired) electrons. The average molecular weight is 400 g/mol. The zero-order chi connectivity index (χ0) is 20.0. The van der Waals surface area contributed by atoms with Crippen molar-refractivity contribution in [1.82, 2.24) is 10.4 Å². The minimum Gasteiger partial charge on any atom is -0.470 e. The van der Waals surface area contributed by atoms with Crippen molar-refractivity contribution in [3.63, 3.8) is 0 Å². The highest BCUT2D eigenvalue weighted by molar-refractivity contribution is 5.68. The van der Waals surface area contributed by atoms with Crippen LogP contribution in [0.15, 0.2) is 54.6 Å². The summed E-state index contributed by atoms with van der Waals surface area (Å²) in [5.74, 6) is 1.09. The molecule has 3 aliphatic rings. The van der Waals surface area contributed by atoms with Crippen LogP contribution in [-0.4, -0.2) is 37.5 Å². The number of nitrogens with zero attached hydrogens (tertiary/aromatic N) is 1. The topological polar surface area (TPSA) is 38.2 Å². The normalized spacial score (nSPS) is 28.3. The third-order valence-corrected chi connectivity index (χ3v) is 6.10. The Bertz CT molecular complexity index is 924. The van der Waals surface area contributed by atoms with Crippen LogP contribution in [0.3, 0.4) is 0 Å². The van der Waals surface area contributed by atoms with E-state index in [0.29, 0.717) is 0 Å². The lowest BCUT2D eigenvalue weighted by molar-refractivity contribution is -0.888. The Hall–Kier alpha value is -2.64. The highest BCUT2D eigenvalue weighted by Gasteiger charge is 2.52. The van der Waals surface area contributed by atoms with E-state index in [1.165, 1.54) is 4.90 Å². The molecule has 0 saturated carbocycles. The van der Waals surface area contributed by atoms with Gasteiger partial charge in [0.2, 0.25) is 0 Å². The second kappa shape index (κ2) is 7.00. The molecule has 5 nitrogen and oxygen atoms in total. The van der Waals surface area contributed by atoms with Crippen LogP contribution in [0.5, 0.6) is 11.5 Å². The fraction of sp³-hybridized carbons (Fsp3) is 0.364. The van der Waals surface area contributed by atoms with Crippen LogP contribution in [0.2, 0.25) is 0 Å². The van der Waals surface area contributed by atoms with Crippen molar-refractivity contribution in [1.29, 1.82) is 0 Å². The standard InChI is InChI=1S/C22H23F2N3O2/c1-26-12-10-22(11-13-26)27-19(17-4-2-3-5-20(17)29-22)14-18(25-27)15-6-8-16(9-7-15)28-21(23)24/h2-9,14,19,21,25H,10-13H2,1H3/p+1/t19-/m0/s1. The lowest BCUT2D eigenvalue weighted by Crippen LogP contribution is -3.11. The summed E-state index contributed by atoms with van der Waals surface area (Å²) < 4.78 is 35.9. The fourth-order valence-electron chi connectivity index (χ4n) is 4.51. The van der Waals surface area contributed by atoms with E-state index in [1.54, 1.807) is 24.3 Å². The van der Waals surface area contributed by atoms with Gasteiger partial charge in [0.05, 0.1) is 44.7 Å². The van der Waals surface area contributed by atoms with E-state index >= 15 is 0 Å². The summed E-state index contributed by atoms with van der Waals surface area (Å²) in [7, 11) is 2.21. The summed E-state index contributed by atoms with van der Waals surface area (Å²) in [4.78, 5) is 1.51. The largest absolute Gasteiger partial charge is 0.470 e. The number of fused-ring (bicyclic) bond motifs is 4. The molecule has 3 aliphatic heterocycles. The predicted octanol–water partition coefficient (Wildman–Crippen LogP) is 2.59. The van der Waals surface area contributed by atoms with Gasteiger partial charge in [0.15, 0.2) is 5.72 Å². The maximum atomic E-state index is 12.4. The zero-order valence-corrected chi connectivity index (χ0v) is 16.2. The van der Waals surface area contributed by atoms with Crippen molar-refractivity contribution < 1.29 is 23.2 Å². The number of ether oxygens (including phenoxy) is 2. The second-order valence-corrected chi connectivity index (χ2v) is 7.95. The highest BCUT2D eigenvalue weighted by Crippen LogP contribution is 2.47. The molecule has 29 heavy (non-hydrogen) atoms. The Morgan fingerprint density at radius 1 is 1.14 bits per heavy atom. The van der Waals surface area contributed by atoms with Crippen molar-refractivity contribution in [2.75, 3.05) is 20.1 Å². The average Bonchev–Trinajstić information content (AvgIpc) is 3.17. The number of halogens is 2. The van der Waals surface area contributed by atoms with E-state index in [4.69, 9.17) is 4.74 Å². The van der Waals surface area contributed by atoms with Gasteiger partial charge >= 0.3 is 6.61 Å². The van der Waals surface area contributed by atoms with Crippen molar-refractivity contribution >= 4 is 5.70 Å². The van der Waals surface area contributed by atoms with Crippen LogP contribution in [0.25, 0.3) is 5.70 Å². The molecule has 3 heterocycles. The molecule has 7 heteroatoms. The molecule has 0 amide bonds. The number of hydrogen-bond donors (Lipinski definition) is 2. The SMILES string of the molecule is C[NH+]1CCC2(CC1)Oc1ccccc1[C@@H]1C=C(c3ccc(OC(F)F)cc3)NN12. The number of likely N-dealkylation sites (tertiary alicyclic amines) is 1. The molecule has 2 N–H and O–H groups in total. The summed E-state index contributed by atoms with van der Waals surface area (Å²) >= 11 is 0. The highest BCUT2D eigenvalue weighted by atomic mass is 19.3. The molecule has 0 unspecified atom stereocenters. The molecule has 1 atom stereocenters. The van der Waals surface area contributed by atoms with Crippen LogP contribution in [-0.2, 0) is 0 Å². The van der Waals surface area contributed by atoms with Crippen LogP contribution in [0.1, 0.15) is 30.0 Å². The summed E-state index contributed by atoms with van der Waals surface area (Å²) in [6.07, 6.45) is 4.05. The van der Waals surface area contributed by atoms with Gasteiger partial charge in [-0.15, -0.1) is 0 Å². The Kier molecular flexibility index (Phi) is 4.44. The van der Waals surface area contributed by atoms with Crippen molar-refractivity contribution in [2.24, 2.45) is 0 Å². The molecular formula is C22H24F2N3O2+. The van der Waals surface area contributed by atoms with Crippen LogP contribution in [0.4, 0.5) is 8.78 Å². The minimum atomic E-state index is -2.82. The lowest BCUT2D eigenvalue weighted by atomic mass is 9.93.